The fraction of sp³-hybridized carbons (Fsp3) is 0.583. The van der Waals surface area contributed by atoms with Crippen molar-refractivity contribution in [1.29, 1.82) is 10.8 Å². The summed E-state index contributed by atoms with van der Waals surface area (Å²) in [7, 11) is -3.11. The Hall–Kier alpha value is -1.62. The zero-order valence-corrected chi connectivity index (χ0v) is 14.6. The summed E-state index contributed by atoms with van der Waals surface area (Å²) >= 11 is 3.03. The molecule has 0 spiro atoms. The van der Waals surface area contributed by atoms with Gasteiger partial charge in [-0.25, -0.2) is 8.42 Å². The van der Waals surface area contributed by atoms with Crippen molar-refractivity contribution in [1.82, 2.24) is 9.78 Å². The third-order valence-corrected chi connectivity index (χ3v) is 5.90. The van der Waals surface area contributed by atoms with Crippen molar-refractivity contribution in [3.05, 3.63) is 20.4 Å². The van der Waals surface area contributed by atoms with Gasteiger partial charge in [0.15, 0.2) is 15.5 Å². The van der Waals surface area contributed by atoms with Gasteiger partial charge in [0.1, 0.15) is 0 Å². The van der Waals surface area contributed by atoms with Crippen LogP contribution in [0.5, 0.6) is 0 Å². The van der Waals surface area contributed by atoms with Crippen LogP contribution in [0.4, 0.5) is 5.69 Å². The first-order chi connectivity index (χ1) is 10.8. The van der Waals surface area contributed by atoms with Crippen LogP contribution >= 0.6 is 15.9 Å². The maximum Gasteiger partial charge on any atom is 0.330 e. The van der Waals surface area contributed by atoms with Gasteiger partial charge in [-0.1, -0.05) is 0 Å². The van der Waals surface area contributed by atoms with Gasteiger partial charge in [0, 0.05) is 0 Å². The second kappa shape index (κ2) is 6.87. The second-order valence-corrected chi connectivity index (χ2v) is 8.25. The van der Waals surface area contributed by atoms with Crippen molar-refractivity contribution in [3.63, 3.8) is 0 Å². The Morgan fingerprint density at radius 2 is 2.13 bits per heavy atom. The first-order valence-electron chi connectivity index (χ1n) is 6.96. The Kier molecular flexibility index (Phi) is 5.30. The molecule has 0 unspecified atom stereocenters. The molecule has 1 aliphatic rings. The summed E-state index contributed by atoms with van der Waals surface area (Å²) in [6.07, 6.45) is 3.53. The predicted molar refractivity (Wildman–Crippen MR) is 88.4 cm³/mol. The van der Waals surface area contributed by atoms with E-state index in [-0.39, 0.29) is 33.2 Å². The molecule has 0 bridgehead atoms. The molecular formula is C12H16BrN5O4S. The summed E-state index contributed by atoms with van der Waals surface area (Å²) in [5.74, 6) is -0.237. The molecule has 0 saturated carbocycles. The summed E-state index contributed by atoms with van der Waals surface area (Å²) in [6.45, 7) is 0. The van der Waals surface area contributed by atoms with E-state index in [2.05, 4.69) is 21.0 Å². The average molecular weight is 406 g/mol. The molecule has 0 radical (unpaired) electrons. The Morgan fingerprint density at radius 1 is 1.48 bits per heavy atom. The number of nitrogens with one attached hydrogen (secondary N) is 2. The summed E-state index contributed by atoms with van der Waals surface area (Å²) in [5.41, 5.74) is -0.174. The normalized spacial score (nSPS) is 16.7. The first kappa shape index (κ1) is 17.7. The van der Waals surface area contributed by atoms with Crippen molar-refractivity contribution in [2.45, 2.75) is 31.7 Å². The summed E-state index contributed by atoms with van der Waals surface area (Å²) in [6, 6.07) is -0.470. The van der Waals surface area contributed by atoms with E-state index in [0.717, 1.165) is 0 Å². The second-order valence-electron chi connectivity index (χ2n) is 5.35. The summed E-state index contributed by atoms with van der Waals surface area (Å²) in [4.78, 5) is 10.7. The maximum atomic E-state index is 11.4. The molecule has 2 rings (SSSR count). The lowest BCUT2D eigenvalue weighted by molar-refractivity contribution is -0.385. The molecule has 1 fully saturated rings. The van der Waals surface area contributed by atoms with Gasteiger partial charge in [0.2, 0.25) is 4.60 Å². The third-order valence-electron chi connectivity index (χ3n) is 3.58. The largest absolute Gasteiger partial charge is 0.330 e. The topological polar surface area (TPSA) is 143 Å². The number of rotatable bonds is 8. The zero-order valence-electron chi connectivity index (χ0n) is 12.2. The minimum Gasteiger partial charge on any atom is -0.313 e. The Balaban J connectivity index is 2.29. The molecule has 126 valence electrons. The smallest absolute Gasteiger partial charge is 0.313 e. The third kappa shape index (κ3) is 3.83. The molecule has 2 N–H and O–H groups in total. The van der Waals surface area contributed by atoms with Gasteiger partial charge in [0.25, 0.3) is 0 Å². The lowest BCUT2D eigenvalue weighted by Gasteiger charge is -2.27. The number of hydrogen-bond acceptors (Lipinski definition) is 7. The highest BCUT2D eigenvalue weighted by Gasteiger charge is 2.40. The predicted octanol–water partition coefficient (Wildman–Crippen LogP) is 2.10. The van der Waals surface area contributed by atoms with Crippen molar-refractivity contribution in [2.24, 2.45) is 0 Å². The van der Waals surface area contributed by atoms with Crippen molar-refractivity contribution < 1.29 is 13.3 Å². The van der Waals surface area contributed by atoms with Gasteiger partial charge in [-0.3, -0.25) is 14.8 Å². The highest BCUT2D eigenvalue weighted by molar-refractivity contribution is 9.10. The Labute approximate surface area is 141 Å². The quantitative estimate of drug-likeness (QED) is 0.294. The number of halogens is 1. The van der Waals surface area contributed by atoms with Crippen LogP contribution in [0.3, 0.4) is 0 Å². The van der Waals surface area contributed by atoms with Crippen LogP contribution in [0.2, 0.25) is 0 Å². The number of sulfone groups is 1. The minimum atomic E-state index is -3.11. The van der Waals surface area contributed by atoms with E-state index in [0.29, 0.717) is 25.7 Å². The maximum absolute atomic E-state index is 11.4. The monoisotopic (exact) mass is 405 g/mol. The van der Waals surface area contributed by atoms with Crippen LogP contribution < -0.4 is 0 Å². The van der Waals surface area contributed by atoms with E-state index >= 15 is 0 Å². The number of nitrogens with zero attached hydrogens (tertiary/aromatic N) is 3. The van der Waals surface area contributed by atoms with E-state index in [1.54, 1.807) is 0 Å². The van der Waals surface area contributed by atoms with E-state index < -0.39 is 20.8 Å². The Morgan fingerprint density at radius 3 is 2.65 bits per heavy atom. The number of nitro groups is 1. The molecule has 9 nitrogen and oxygen atoms in total. The SMILES string of the molecule is N=CCCCCC(=N)c1c([N+](=O)[O-])c(Br)nn1C1CS(=O)(=O)C1. The van der Waals surface area contributed by atoms with Gasteiger partial charge in [0.05, 0.1) is 28.2 Å². The van der Waals surface area contributed by atoms with Crippen LogP contribution in [0.15, 0.2) is 4.60 Å². The van der Waals surface area contributed by atoms with Crippen LogP contribution in [0.25, 0.3) is 0 Å². The van der Waals surface area contributed by atoms with Gasteiger partial charge >= 0.3 is 5.69 Å². The Bertz CT molecular complexity index is 746. The average Bonchev–Trinajstić information content (AvgIpc) is 2.78. The van der Waals surface area contributed by atoms with Crippen LogP contribution in [-0.4, -0.2) is 46.6 Å². The molecule has 1 saturated heterocycles. The highest BCUT2D eigenvalue weighted by atomic mass is 79.9. The van der Waals surface area contributed by atoms with Crippen molar-refractivity contribution in [2.75, 3.05) is 11.5 Å². The molecule has 1 aromatic heterocycles. The number of hydrogen-bond donors (Lipinski definition) is 2. The molecule has 1 aromatic rings. The summed E-state index contributed by atoms with van der Waals surface area (Å²) in [5, 5.41) is 30.4. The number of unbranched alkanes of at least 4 members (excludes halogenated alkanes) is 2. The molecule has 0 atom stereocenters. The van der Waals surface area contributed by atoms with Gasteiger partial charge < -0.3 is 10.8 Å². The van der Waals surface area contributed by atoms with E-state index in [1.165, 1.54) is 10.9 Å². The molecule has 2 heterocycles. The molecule has 0 aromatic carbocycles. The summed E-state index contributed by atoms with van der Waals surface area (Å²) < 4.78 is 24.0. The number of aromatic nitrogens is 2. The zero-order chi connectivity index (χ0) is 17.2. The van der Waals surface area contributed by atoms with Gasteiger partial charge in [-0.05, 0) is 47.8 Å². The molecule has 11 heteroatoms. The van der Waals surface area contributed by atoms with E-state index in [9.17, 15) is 18.5 Å². The van der Waals surface area contributed by atoms with Gasteiger partial charge in [-0.15, -0.1) is 0 Å². The molecule has 0 aliphatic carbocycles. The first-order valence-corrected chi connectivity index (χ1v) is 9.58. The van der Waals surface area contributed by atoms with Crippen LogP contribution in [-0.2, 0) is 9.84 Å². The molecule has 23 heavy (non-hydrogen) atoms. The lowest BCUT2D eigenvalue weighted by Crippen LogP contribution is -2.40. The van der Waals surface area contributed by atoms with E-state index in [4.69, 9.17) is 10.8 Å². The fourth-order valence-corrected chi connectivity index (χ4v) is 4.31. The van der Waals surface area contributed by atoms with Gasteiger partial charge in [-0.2, -0.15) is 5.10 Å². The molecule has 0 amide bonds. The lowest BCUT2D eigenvalue weighted by atomic mass is 10.1. The van der Waals surface area contributed by atoms with Crippen molar-refractivity contribution in [3.8, 4) is 0 Å². The molecular weight excluding hydrogens is 390 g/mol. The minimum absolute atomic E-state index is 0.00559. The van der Waals surface area contributed by atoms with Crippen LogP contribution in [0, 0.1) is 20.9 Å². The van der Waals surface area contributed by atoms with Crippen LogP contribution in [0.1, 0.15) is 37.4 Å². The molecule has 1 aliphatic heterocycles. The fourth-order valence-electron chi connectivity index (χ4n) is 2.45. The highest BCUT2D eigenvalue weighted by Crippen LogP contribution is 2.34. The van der Waals surface area contributed by atoms with Crippen molar-refractivity contribution >= 4 is 43.4 Å². The standard InChI is InChI=1S/C12H16BrN5O4S/c13-12-11(18(19)20)10(9(15)4-2-1-3-5-14)17(16-12)8-6-23(21,22)7-8/h5,8,14-15H,1-4,6-7H2. The van der Waals surface area contributed by atoms with E-state index in [1.807, 2.05) is 0 Å².